The van der Waals surface area contributed by atoms with Gasteiger partial charge in [-0.05, 0) is 24.3 Å². The van der Waals surface area contributed by atoms with E-state index in [1.165, 1.54) is 18.2 Å². The molecule has 130 valence electrons. The molecule has 1 N–H and O–H groups in total. The van der Waals surface area contributed by atoms with Crippen molar-refractivity contribution < 1.29 is 13.9 Å². The Balaban J connectivity index is 1.54. The molecule has 0 aliphatic rings. The number of hydrogen-bond donors (Lipinski definition) is 1. The minimum absolute atomic E-state index is 0.0562. The number of carbonyl (C=O) groups excluding carboxylic acids is 1. The first-order valence-corrected chi connectivity index (χ1v) is 8.19. The lowest BCUT2D eigenvalue weighted by atomic mass is 10.2. The third kappa shape index (κ3) is 4.11. The van der Waals surface area contributed by atoms with Gasteiger partial charge in [-0.2, -0.15) is 0 Å². The van der Waals surface area contributed by atoms with Gasteiger partial charge >= 0.3 is 0 Å². The number of carbonyl (C=O) groups is 1. The average molecular weight is 369 g/mol. The number of nitrogens with one attached hydrogen (secondary N) is 1. The molecule has 0 saturated heterocycles. The number of rotatable bonds is 4. The number of aromatic nitrogens is 1. The average Bonchev–Trinajstić information content (AvgIpc) is 2.64. The lowest BCUT2D eigenvalue weighted by Crippen LogP contribution is -2.25. The molecular weight excluding hydrogens is 355 g/mol. The highest BCUT2D eigenvalue weighted by atomic mass is 35.5. The topological polar surface area (TPSA) is 51.2 Å². The van der Waals surface area contributed by atoms with Crippen LogP contribution in [0.15, 0.2) is 54.7 Å². The molecule has 26 heavy (non-hydrogen) atoms. The molecule has 3 rings (SSSR count). The van der Waals surface area contributed by atoms with Crippen LogP contribution >= 0.6 is 11.6 Å². The van der Waals surface area contributed by atoms with Crippen molar-refractivity contribution in [3.05, 3.63) is 71.1 Å². The summed E-state index contributed by atoms with van der Waals surface area (Å²) in [6.45, 7) is 0.201. The summed E-state index contributed by atoms with van der Waals surface area (Å²) >= 11 is 5.84. The number of fused-ring (bicyclic) bond motifs is 1. The number of nitrogens with zero attached hydrogens (tertiary/aromatic N) is 1. The van der Waals surface area contributed by atoms with Crippen molar-refractivity contribution in [2.45, 2.75) is 0 Å². The van der Waals surface area contributed by atoms with E-state index in [1.54, 1.807) is 6.20 Å². The summed E-state index contributed by atoms with van der Waals surface area (Å²) in [4.78, 5) is 16.2. The molecule has 0 saturated carbocycles. The number of hydrogen-bond acceptors (Lipinski definition) is 3. The van der Waals surface area contributed by atoms with Gasteiger partial charge in [0.15, 0.2) is 0 Å². The Labute approximate surface area is 155 Å². The summed E-state index contributed by atoms with van der Waals surface area (Å²) in [6.07, 6.45) is 1.70. The number of benzene rings is 2. The monoisotopic (exact) mass is 368 g/mol. The van der Waals surface area contributed by atoms with Gasteiger partial charge in [0.25, 0.3) is 5.91 Å². The van der Waals surface area contributed by atoms with Gasteiger partial charge in [-0.15, -0.1) is 0 Å². The third-order valence-electron chi connectivity index (χ3n) is 3.55. The van der Waals surface area contributed by atoms with Crippen LogP contribution in [0, 0.1) is 17.7 Å². The van der Waals surface area contributed by atoms with Gasteiger partial charge in [-0.25, -0.2) is 4.39 Å². The lowest BCUT2D eigenvalue weighted by Gasteiger charge is -2.05. The van der Waals surface area contributed by atoms with Crippen molar-refractivity contribution in [2.24, 2.45) is 0 Å². The van der Waals surface area contributed by atoms with Crippen LogP contribution in [0.3, 0.4) is 0 Å². The third-order valence-corrected chi connectivity index (χ3v) is 3.86. The summed E-state index contributed by atoms with van der Waals surface area (Å²) < 4.78 is 19.3. The second-order valence-electron chi connectivity index (χ2n) is 5.25. The molecule has 2 aromatic carbocycles. The highest BCUT2D eigenvalue weighted by Crippen LogP contribution is 2.22. The van der Waals surface area contributed by atoms with E-state index in [4.69, 9.17) is 16.3 Å². The Morgan fingerprint density at radius 1 is 1.15 bits per heavy atom. The van der Waals surface area contributed by atoms with Crippen molar-refractivity contribution in [2.75, 3.05) is 13.2 Å². The van der Waals surface area contributed by atoms with Crippen LogP contribution in [-0.2, 0) is 0 Å². The zero-order valence-electron chi connectivity index (χ0n) is 13.6. The minimum Gasteiger partial charge on any atom is -0.479 e. The molecule has 0 radical (unpaired) electrons. The lowest BCUT2D eigenvalue weighted by molar-refractivity contribution is 0.0955. The molecule has 6 heteroatoms. The fraction of sp³-hybridized carbons (Fsp3) is 0.100. The Morgan fingerprint density at radius 2 is 1.96 bits per heavy atom. The van der Waals surface area contributed by atoms with Crippen molar-refractivity contribution in [1.29, 1.82) is 0 Å². The Morgan fingerprint density at radius 3 is 2.81 bits per heavy atom. The van der Waals surface area contributed by atoms with Crippen LogP contribution in [0.5, 0.6) is 5.75 Å². The van der Waals surface area contributed by atoms with Crippen LogP contribution < -0.4 is 10.1 Å². The standard InChI is InChI=1S/C20H14ClFN2O2/c21-15-8-4-9-16(22)18(15)20(25)24-11-1-2-13-26-17-10-3-6-14-7-5-12-23-19(14)17/h3-10,12H,11,13H2,(H,24,25). The molecule has 0 aliphatic carbocycles. The van der Waals surface area contributed by atoms with E-state index in [1.807, 2.05) is 30.3 Å². The first-order valence-electron chi connectivity index (χ1n) is 7.81. The van der Waals surface area contributed by atoms with Crippen LogP contribution in [-0.4, -0.2) is 24.0 Å². The van der Waals surface area contributed by atoms with E-state index in [9.17, 15) is 9.18 Å². The van der Waals surface area contributed by atoms with Crippen LogP contribution in [0.2, 0.25) is 5.02 Å². The summed E-state index contributed by atoms with van der Waals surface area (Å²) in [5.41, 5.74) is 0.577. The molecule has 0 atom stereocenters. The van der Waals surface area contributed by atoms with E-state index < -0.39 is 11.7 Å². The number of ether oxygens (including phenoxy) is 1. The fourth-order valence-corrected chi connectivity index (χ4v) is 2.60. The van der Waals surface area contributed by atoms with E-state index in [-0.39, 0.29) is 23.7 Å². The van der Waals surface area contributed by atoms with Crippen LogP contribution in [0.25, 0.3) is 10.9 Å². The van der Waals surface area contributed by atoms with Gasteiger partial charge in [0.05, 0.1) is 17.1 Å². The zero-order chi connectivity index (χ0) is 18.4. The molecule has 0 aliphatic heterocycles. The molecule has 0 fully saturated rings. The highest BCUT2D eigenvalue weighted by Gasteiger charge is 2.14. The SMILES string of the molecule is O=C(NCC#CCOc1cccc2cccnc12)c1c(F)cccc1Cl. The summed E-state index contributed by atoms with van der Waals surface area (Å²) in [7, 11) is 0. The van der Waals surface area contributed by atoms with Crippen molar-refractivity contribution in [1.82, 2.24) is 10.3 Å². The van der Waals surface area contributed by atoms with Crippen molar-refractivity contribution >= 4 is 28.4 Å². The fourth-order valence-electron chi connectivity index (χ4n) is 2.35. The maximum absolute atomic E-state index is 13.6. The van der Waals surface area contributed by atoms with Crippen LogP contribution in [0.4, 0.5) is 4.39 Å². The molecule has 3 aromatic rings. The van der Waals surface area contributed by atoms with Gasteiger partial charge < -0.3 is 10.1 Å². The minimum atomic E-state index is -0.672. The Hall–Kier alpha value is -3.10. The van der Waals surface area contributed by atoms with Gasteiger partial charge in [-0.3, -0.25) is 9.78 Å². The number of amides is 1. The zero-order valence-corrected chi connectivity index (χ0v) is 14.4. The summed E-state index contributed by atoms with van der Waals surface area (Å²) in [5, 5.41) is 3.54. The molecule has 0 spiro atoms. The molecular formula is C20H14ClFN2O2. The largest absolute Gasteiger partial charge is 0.479 e. The quantitative estimate of drug-likeness (QED) is 0.712. The molecule has 1 amide bonds. The maximum atomic E-state index is 13.6. The van der Waals surface area contributed by atoms with E-state index >= 15 is 0 Å². The molecule has 0 bridgehead atoms. The van der Waals surface area contributed by atoms with Gasteiger partial charge in [0, 0.05) is 11.6 Å². The first kappa shape index (κ1) is 17.7. The molecule has 0 unspecified atom stereocenters. The maximum Gasteiger partial charge on any atom is 0.256 e. The molecule has 4 nitrogen and oxygen atoms in total. The second-order valence-corrected chi connectivity index (χ2v) is 5.66. The Bertz CT molecular complexity index is 986. The number of pyridine rings is 1. The summed E-state index contributed by atoms with van der Waals surface area (Å²) in [5.74, 6) is 4.90. The van der Waals surface area contributed by atoms with Gasteiger partial charge in [0.2, 0.25) is 0 Å². The highest BCUT2D eigenvalue weighted by molar-refractivity contribution is 6.33. The first-order chi connectivity index (χ1) is 12.7. The van der Waals surface area contributed by atoms with Gasteiger partial charge in [-0.1, -0.05) is 47.7 Å². The van der Waals surface area contributed by atoms with E-state index in [2.05, 4.69) is 22.1 Å². The second kappa shape index (κ2) is 8.32. The Kier molecular flexibility index (Phi) is 5.67. The predicted octanol–water partition coefficient (Wildman–Crippen LogP) is 3.84. The van der Waals surface area contributed by atoms with Crippen LogP contribution in [0.1, 0.15) is 10.4 Å². The summed E-state index contributed by atoms with van der Waals surface area (Å²) in [6, 6.07) is 13.5. The van der Waals surface area contributed by atoms with Gasteiger partial charge in [0.1, 0.15) is 23.7 Å². The number of para-hydroxylation sites is 1. The predicted molar refractivity (Wildman–Crippen MR) is 98.8 cm³/mol. The normalized spacial score (nSPS) is 10.1. The van der Waals surface area contributed by atoms with E-state index in [0.29, 0.717) is 5.75 Å². The van der Waals surface area contributed by atoms with Crippen molar-refractivity contribution in [3.63, 3.8) is 0 Å². The van der Waals surface area contributed by atoms with Crippen molar-refractivity contribution in [3.8, 4) is 17.6 Å². The molecule has 1 heterocycles. The van der Waals surface area contributed by atoms with E-state index in [0.717, 1.165) is 10.9 Å². The molecule has 1 aromatic heterocycles. The number of halogens is 2. The smallest absolute Gasteiger partial charge is 0.256 e.